The van der Waals surface area contributed by atoms with Gasteiger partial charge in [0.1, 0.15) is 29.7 Å². The number of hydrogen-bond acceptors (Lipinski definition) is 19. The first-order chi connectivity index (χ1) is 42.3. The molecule has 4 aromatic carbocycles. The third kappa shape index (κ3) is 11.1. The molecule has 2 unspecified atom stereocenters. The van der Waals surface area contributed by atoms with Crippen LogP contribution in [0.4, 0.5) is 15.9 Å². The summed E-state index contributed by atoms with van der Waals surface area (Å²) in [6.45, 7) is 3.33. The van der Waals surface area contributed by atoms with Gasteiger partial charge in [0, 0.05) is 49.5 Å². The third-order valence-electron chi connectivity index (χ3n) is 17.7. The molecule has 2 saturated carbocycles. The van der Waals surface area contributed by atoms with Crippen LogP contribution in [0.5, 0.6) is 0 Å². The molecule has 12 atom stereocenters. The maximum atomic E-state index is 17.8. The SMILES string of the molecule is C=C(C)[C@@H]1CC[C@]2(C)SP(=S)(OC[C@H]3O[C@@H](n4cnc5c(=O)n6ccn(CCc7ccc([N+](=O)[O-])cc7)c6nc54)[C@H](OP(O)(=S)OC[C@H]4C[C@@H](n5cnc6c(N)ncnc65)[C@@H]4COC(c4ccccc4)(c4ccccc4)c4ccccc4)[C@@H]3F)O[C@@]2(O)C1. The molecular formula is C60H62FN11O11P2S3. The molecule has 28 heteroatoms. The number of halogens is 1. The predicted octanol–water partition coefficient (Wildman–Crippen LogP) is 10.3. The Hall–Kier alpha value is -6.48. The van der Waals surface area contributed by atoms with Crippen molar-refractivity contribution in [1.82, 2.24) is 43.0 Å². The van der Waals surface area contributed by atoms with Gasteiger partial charge in [-0.1, -0.05) is 127 Å². The second-order valence-electron chi connectivity index (χ2n) is 23.0. The quantitative estimate of drug-likeness (QED) is 0.0198. The van der Waals surface area contributed by atoms with Crippen molar-refractivity contribution in [3.63, 3.8) is 0 Å². The van der Waals surface area contributed by atoms with Gasteiger partial charge in [0.2, 0.25) is 5.78 Å². The zero-order valence-corrected chi connectivity index (χ0v) is 51.9. The molecule has 7 heterocycles. The number of nitrogen functional groups attached to an aromatic ring is 1. The van der Waals surface area contributed by atoms with Gasteiger partial charge in [0.05, 0.1) is 42.1 Å². The van der Waals surface area contributed by atoms with E-state index in [1.165, 1.54) is 45.1 Å². The maximum Gasteiger partial charge on any atom is 0.325 e. The normalized spacial score (nSPS) is 27.8. The average molecular weight is 1290 g/mol. The zero-order chi connectivity index (χ0) is 61.3. The first-order valence-electron chi connectivity index (χ1n) is 28.7. The largest absolute Gasteiger partial charge is 0.382 e. The molecular weight excluding hydrogens is 1230 g/mol. The van der Waals surface area contributed by atoms with Crippen LogP contribution in [0.25, 0.3) is 28.1 Å². The highest BCUT2D eigenvalue weighted by atomic mass is 32.9. The van der Waals surface area contributed by atoms with Crippen LogP contribution in [0.2, 0.25) is 0 Å². The number of ether oxygens (including phenoxy) is 2. The summed E-state index contributed by atoms with van der Waals surface area (Å²) >= 11 is 13.1. The Kier molecular flexibility index (Phi) is 16.3. The zero-order valence-electron chi connectivity index (χ0n) is 47.7. The van der Waals surface area contributed by atoms with Gasteiger partial charge in [-0.3, -0.25) is 28.5 Å². The Morgan fingerprint density at radius 2 is 1.60 bits per heavy atom. The Morgan fingerprint density at radius 3 is 2.26 bits per heavy atom. The number of benzene rings is 4. The highest BCUT2D eigenvalue weighted by Crippen LogP contribution is 2.78. The number of alkyl halides is 1. The van der Waals surface area contributed by atoms with Crippen LogP contribution >= 0.6 is 23.8 Å². The predicted molar refractivity (Wildman–Crippen MR) is 336 cm³/mol. The number of fused-ring (bicyclic) bond motifs is 4. The Bertz CT molecular complexity index is 4170. The van der Waals surface area contributed by atoms with E-state index in [-0.39, 0.29) is 71.9 Å². The molecule has 0 amide bonds. The highest BCUT2D eigenvalue weighted by Gasteiger charge is 2.64. The first-order valence-corrected chi connectivity index (χ1v) is 35.3. The number of nitro groups is 1. The fourth-order valence-corrected chi connectivity index (χ4v) is 21.4. The van der Waals surface area contributed by atoms with E-state index in [2.05, 4.69) is 26.5 Å². The van der Waals surface area contributed by atoms with Crippen LogP contribution < -0.4 is 11.3 Å². The summed E-state index contributed by atoms with van der Waals surface area (Å²) in [5.41, 5.74) is 6.57. The summed E-state index contributed by atoms with van der Waals surface area (Å²) in [5.74, 6) is -1.88. The standard InChI is InChI=1S/C60H62FN11O11P2S3/c1-37(2)39-23-25-58(3)59(74,30-39)83-85(87,88-58)80-33-47-48(61)51(56(81-47)71-36-66-50-54(71)67-57-68(27-28-69(57)55(50)73)26-24-38-19-21-44(22-20-38)72(75)76)82-84(77,86)79-31-40-29-46(70-35-65-49-52(62)63-34-64-53(49)70)45(40)32-78-60(41-13-7-4-8-14-41,42-15-9-5-10-16-42)43-17-11-6-12-18-43/h4-22,27-28,34-36,39-40,45-48,51,56,74H,1,23-26,29-33H2,2-3H3,(H,77,86)(H2,62,63,64)/t39-,40-,45-,46-,47-,48-,51-,56-,58+,59+,84?,85?/m1/s1. The van der Waals surface area contributed by atoms with Gasteiger partial charge in [-0.2, -0.15) is 4.98 Å². The van der Waals surface area contributed by atoms with E-state index < -0.39 is 70.2 Å². The fraction of sp³-hybridized carbons (Fsp3) is 0.367. The lowest BCUT2D eigenvalue weighted by Crippen LogP contribution is -2.51. The first kappa shape index (κ1) is 60.4. The number of anilines is 1. The molecule has 22 nitrogen and oxygen atoms in total. The molecule has 4 fully saturated rings. The van der Waals surface area contributed by atoms with Crippen LogP contribution in [-0.4, -0.2) is 107 Å². The number of rotatable bonds is 21. The van der Waals surface area contributed by atoms with Crippen molar-refractivity contribution < 1.29 is 46.9 Å². The smallest absolute Gasteiger partial charge is 0.325 e. The lowest BCUT2D eigenvalue weighted by Gasteiger charge is -2.47. The lowest BCUT2D eigenvalue weighted by molar-refractivity contribution is -0.384. The number of nitrogens with two attached hydrogens (primary N) is 1. The van der Waals surface area contributed by atoms with E-state index in [1.54, 1.807) is 35.4 Å². The highest BCUT2D eigenvalue weighted by molar-refractivity contribution is 8.68. The van der Waals surface area contributed by atoms with Crippen LogP contribution in [-0.2, 0) is 69.7 Å². The summed E-state index contributed by atoms with van der Waals surface area (Å²) in [5, 5.41) is 23.3. The topological polar surface area (TPSA) is 266 Å². The van der Waals surface area contributed by atoms with Crippen LogP contribution in [0, 0.1) is 27.9 Å². The molecule has 2 saturated heterocycles. The molecule has 458 valence electrons. The van der Waals surface area contributed by atoms with Crippen molar-refractivity contribution in [2.75, 3.05) is 25.6 Å². The summed E-state index contributed by atoms with van der Waals surface area (Å²) in [6.07, 6.45) is 3.38. The maximum absolute atomic E-state index is 17.8. The Balaban J connectivity index is 0.803. The number of non-ortho nitro benzene ring substituents is 1. The lowest BCUT2D eigenvalue weighted by atomic mass is 9.69. The number of aryl methyl sites for hydroxylation is 2. The van der Waals surface area contributed by atoms with Crippen molar-refractivity contribution in [3.8, 4) is 0 Å². The monoisotopic (exact) mass is 1290 g/mol. The van der Waals surface area contributed by atoms with Crippen molar-refractivity contribution in [2.45, 2.75) is 99.3 Å². The second kappa shape index (κ2) is 23.7. The molecule has 4 N–H and O–H groups in total. The van der Waals surface area contributed by atoms with Gasteiger partial charge < -0.3 is 43.4 Å². The average Bonchev–Trinajstić information content (AvgIpc) is 1.82. The molecule has 5 aromatic heterocycles. The van der Waals surface area contributed by atoms with Crippen molar-refractivity contribution in [2.24, 2.45) is 17.8 Å². The molecule has 0 radical (unpaired) electrons. The Labute approximate surface area is 518 Å². The fourth-order valence-electron chi connectivity index (χ4n) is 12.7. The molecule has 2 aliphatic heterocycles. The van der Waals surface area contributed by atoms with Crippen molar-refractivity contribution in [3.05, 3.63) is 202 Å². The summed E-state index contributed by atoms with van der Waals surface area (Å²) in [6, 6.07) is 35.8. The third-order valence-corrected chi connectivity index (χ3v) is 25.0. The number of allylic oxidation sites excluding steroid dienone is 1. The summed E-state index contributed by atoms with van der Waals surface area (Å²) < 4.78 is 62.6. The van der Waals surface area contributed by atoms with Crippen molar-refractivity contribution in [1.29, 1.82) is 0 Å². The van der Waals surface area contributed by atoms with E-state index in [1.807, 2.05) is 109 Å². The van der Waals surface area contributed by atoms with E-state index in [0.29, 0.717) is 37.0 Å². The van der Waals surface area contributed by atoms with E-state index in [0.717, 1.165) is 34.2 Å². The minimum Gasteiger partial charge on any atom is -0.382 e. The van der Waals surface area contributed by atoms with Crippen molar-refractivity contribution >= 4 is 87.0 Å². The summed E-state index contributed by atoms with van der Waals surface area (Å²) in [4.78, 5) is 60.0. The minimum absolute atomic E-state index is 0.00366. The summed E-state index contributed by atoms with van der Waals surface area (Å²) in [7, 11) is 0. The number of aromatic nitrogens is 9. The van der Waals surface area contributed by atoms with Gasteiger partial charge in [-0.15, -0.1) is 0 Å². The van der Waals surface area contributed by atoms with E-state index >= 15 is 4.39 Å². The van der Waals surface area contributed by atoms with Gasteiger partial charge in [0.15, 0.2) is 40.8 Å². The van der Waals surface area contributed by atoms with E-state index in [9.17, 15) is 24.9 Å². The number of hydrogen-bond donors (Lipinski definition) is 3. The van der Waals surface area contributed by atoms with E-state index in [4.69, 9.17) is 61.9 Å². The Morgan fingerprint density at radius 1 is 0.943 bits per heavy atom. The molecule has 0 spiro atoms. The van der Waals surface area contributed by atoms with Gasteiger partial charge in [-0.25, -0.2) is 28.7 Å². The molecule has 9 aromatic rings. The van der Waals surface area contributed by atoms with Gasteiger partial charge in [-0.05, 0) is 97.2 Å². The molecule has 0 bridgehead atoms. The molecule has 13 rings (SSSR count). The number of nitro benzene ring substituents is 1. The van der Waals surface area contributed by atoms with Crippen LogP contribution in [0.15, 0.2) is 164 Å². The number of aliphatic hydroxyl groups is 1. The molecule has 2 aliphatic carbocycles. The number of nitrogens with zero attached hydrogens (tertiary/aromatic N) is 10. The van der Waals surface area contributed by atoms with Crippen LogP contribution in [0.3, 0.4) is 0 Å². The van der Waals surface area contributed by atoms with Gasteiger partial charge in [0.25, 0.3) is 16.9 Å². The molecule has 4 aliphatic rings. The minimum atomic E-state index is -4.45. The number of imidazole rings is 3. The molecule has 88 heavy (non-hydrogen) atoms. The van der Waals surface area contributed by atoms with Gasteiger partial charge >= 0.3 is 6.72 Å². The van der Waals surface area contributed by atoms with Crippen LogP contribution in [0.1, 0.15) is 74.1 Å². The second-order valence-corrected chi connectivity index (χ2v) is 32.4.